The molecule has 5 heteroatoms. The highest BCUT2D eigenvalue weighted by molar-refractivity contribution is 6.30. The van der Waals surface area contributed by atoms with Gasteiger partial charge in [-0.15, -0.1) is 0 Å². The predicted octanol–water partition coefficient (Wildman–Crippen LogP) is 3.56. The van der Waals surface area contributed by atoms with E-state index in [4.69, 9.17) is 16.6 Å². The minimum Gasteiger partial charge on any atom is -0.297 e. The molecule has 1 N–H and O–H groups in total. The van der Waals surface area contributed by atoms with Crippen molar-refractivity contribution in [2.24, 2.45) is 0 Å². The molecule has 1 aromatic carbocycles. The van der Waals surface area contributed by atoms with E-state index < -0.39 is 0 Å². The zero-order valence-electron chi connectivity index (χ0n) is 12.2. The lowest BCUT2D eigenvalue weighted by Crippen LogP contribution is -2.22. The highest BCUT2D eigenvalue weighted by Gasteiger charge is 2.22. The van der Waals surface area contributed by atoms with Crippen LogP contribution in [-0.4, -0.2) is 21.1 Å². The lowest BCUT2D eigenvalue weighted by Gasteiger charge is -2.16. The van der Waals surface area contributed by atoms with Gasteiger partial charge in [-0.3, -0.25) is 9.88 Å². The summed E-state index contributed by atoms with van der Waals surface area (Å²) in [7, 11) is 0. The van der Waals surface area contributed by atoms with Crippen LogP contribution < -0.4 is 5.32 Å². The van der Waals surface area contributed by atoms with Crippen LogP contribution in [0.15, 0.2) is 42.6 Å². The minimum atomic E-state index is 0.294. The van der Waals surface area contributed by atoms with E-state index in [1.54, 1.807) is 0 Å². The SMILES string of the molecule is Clc1ccc(Cc2nc3cccnc3n2C2CCCN2)cc1. The smallest absolute Gasteiger partial charge is 0.161 e. The first-order valence-corrected chi connectivity index (χ1v) is 7.99. The maximum Gasteiger partial charge on any atom is 0.161 e. The molecule has 0 bridgehead atoms. The summed E-state index contributed by atoms with van der Waals surface area (Å²) < 4.78 is 2.26. The summed E-state index contributed by atoms with van der Waals surface area (Å²) in [5, 5.41) is 4.31. The van der Waals surface area contributed by atoms with E-state index in [-0.39, 0.29) is 0 Å². The molecule has 1 fully saturated rings. The molecule has 0 radical (unpaired) electrons. The Labute approximate surface area is 134 Å². The maximum absolute atomic E-state index is 5.97. The third-order valence-electron chi connectivity index (χ3n) is 4.14. The van der Waals surface area contributed by atoms with Crippen molar-refractivity contribution in [2.45, 2.75) is 25.4 Å². The molecule has 4 rings (SSSR count). The van der Waals surface area contributed by atoms with Crippen molar-refractivity contribution in [1.82, 2.24) is 19.9 Å². The molecule has 1 saturated heterocycles. The van der Waals surface area contributed by atoms with Crippen molar-refractivity contribution in [3.8, 4) is 0 Å². The molecule has 1 unspecified atom stereocenters. The van der Waals surface area contributed by atoms with Crippen LogP contribution in [0.5, 0.6) is 0 Å². The summed E-state index contributed by atoms with van der Waals surface area (Å²) in [4.78, 5) is 9.34. The molecule has 3 aromatic rings. The van der Waals surface area contributed by atoms with Gasteiger partial charge in [-0.25, -0.2) is 9.97 Å². The Balaban J connectivity index is 1.78. The molecule has 2 aromatic heterocycles. The third-order valence-corrected chi connectivity index (χ3v) is 4.40. The van der Waals surface area contributed by atoms with Gasteiger partial charge >= 0.3 is 0 Å². The van der Waals surface area contributed by atoms with Gasteiger partial charge < -0.3 is 0 Å². The van der Waals surface area contributed by atoms with Crippen LogP contribution in [0.3, 0.4) is 0 Å². The molecule has 0 amide bonds. The van der Waals surface area contributed by atoms with E-state index >= 15 is 0 Å². The molecule has 0 saturated carbocycles. The lowest BCUT2D eigenvalue weighted by molar-refractivity contribution is 0.464. The zero-order valence-corrected chi connectivity index (χ0v) is 12.9. The zero-order chi connectivity index (χ0) is 14.9. The molecule has 1 aliphatic heterocycles. The van der Waals surface area contributed by atoms with Gasteiger partial charge in [0.1, 0.15) is 11.3 Å². The Morgan fingerprint density at radius 2 is 2.09 bits per heavy atom. The number of nitrogens with one attached hydrogen (secondary N) is 1. The summed E-state index contributed by atoms with van der Waals surface area (Å²) in [6.45, 7) is 1.05. The van der Waals surface area contributed by atoms with Crippen LogP contribution in [0.25, 0.3) is 11.2 Å². The van der Waals surface area contributed by atoms with Gasteiger partial charge in [0.15, 0.2) is 5.65 Å². The number of imidazole rings is 1. The van der Waals surface area contributed by atoms with Gasteiger partial charge in [-0.1, -0.05) is 23.7 Å². The molecule has 0 aliphatic carbocycles. The Morgan fingerprint density at radius 3 is 2.86 bits per heavy atom. The molecule has 22 heavy (non-hydrogen) atoms. The fraction of sp³-hybridized carbons (Fsp3) is 0.294. The van der Waals surface area contributed by atoms with Crippen LogP contribution in [0.2, 0.25) is 5.02 Å². The summed E-state index contributed by atoms with van der Waals surface area (Å²) >= 11 is 5.97. The normalized spacial score (nSPS) is 18.1. The Morgan fingerprint density at radius 1 is 1.23 bits per heavy atom. The second kappa shape index (κ2) is 5.71. The predicted molar refractivity (Wildman–Crippen MR) is 88.1 cm³/mol. The fourth-order valence-electron chi connectivity index (χ4n) is 3.10. The van der Waals surface area contributed by atoms with Crippen molar-refractivity contribution >= 4 is 22.8 Å². The molecule has 1 atom stereocenters. The van der Waals surface area contributed by atoms with Crippen LogP contribution in [0, 0.1) is 0 Å². The first kappa shape index (κ1) is 13.7. The van der Waals surface area contributed by atoms with E-state index in [0.29, 0.717) is 6.17 Å². The fourth-order valence-corrected chi connectivity index (χ4v) is 3.23. The number of nitrogens with zero attached hydrogens (tertiary/aromatic N) is 3. The van der Waals surface area contributed by atoms with Gasteiger partial charge in [0, 0.05) is 17.6 Å². The summed E-state index contributed by atoms with van der Waals surface area (Å²) in [6.07, 6.45) is 5.22. The number of aromatic nitrogens is 3. The number of pyridine rings is 1. The first-order chi connectivity index (χ1) is 10.8. The van der Waals surface area contributed by atoms with E-state index in [0.717, 1.165) is 41.4 Å². The van der Waals surface area contributed by atoms with E-state index in [9.17, 15) is 0 Å². The van der Waals surface area contributed by atoms with Crippen molar-refractivity contribution in [1.29, 1.82) is 0 Å². The highest BCUT2D eigenvalue weighted by Crippen LogP contribution is 2.25. The van der Waals surface area contributed by atoms with Crippen LogP contribution in [0.4, 0.5) is 0 Å². The topological polar surface area (TPSA) is 42.7 Å². The van der Waals surface area contributed by atoms with Crippen molar-refractivity contribution in [2.75, 3.05) is 6.54 Å². The van der Waals surface area contributed by atoms with Gasteiger partial charge in [0.25, 0.3) is 0 Å². The Bertz CT molecular complexity index is 788. The number of fused-ring (bicyclic) bond motifs is 1. The van der Waals surface area contributed by atoms with E-state index in [1.807, 2.05) is 30.5 Å². The molecule has 3 heterocycles. The third kappa shape index (κ3) is 2.49. The average molecular weight is 313 g/mol. The molecule has 0 spiro atoms. The maximum atomic E-state index is 5.97. The molecular formula is C17H17ClN4. The number of benzene rings is 1. The van der Waals surface area contributed by atoms with Gasteiger partial charge in [0.2, 0.25) is 0 Å². The largest absolute Gasteiger partial charge is 0.297 e. The monoisotopic (exact) mass is 312 g/mol. The molecular weight excluding hydrogens is 296 g/mol. The standard InChI is InChI=1S/C17H17ClN4/c18-13-7-5-12(6-8-13)11-16-21-14-3-1-10-20-17(14)22(16)15-4-2-9-19-15/h1,3,5-8,10,15,19H,2,4,9,11H2. The summed E-state index contributed by atoms with van der Waals surface area (Å²) in [5.41, 5.74) is 3.13. The average Bonchev–Trinajstić information content (AvgIpc) is 3.16. The lowest BCUT2D eigenvalue weighted by atomic mass is 10.1. The Kier molecular flexibility index (Phi) is 3.56. The minimum absolute atomic E-state index is 0.294. The first-order valence-electron chi connectivity index (χ1n) is 7.61. The van der Waals surface area contributed by atoms with Crippen LogP contribution in [0.1, 0.15) is 30.4 Å². The van der Waals surface area contributed by atoms with Crippen molar-refractivity contribution in [3.05, 3.63) is 59.0 Å². The van der Waals surface area contributed by atoms with Crippen molar-refractivity contribution in [3.63, 3.8) is 0 Å². The number of rotatable bonds is 3. The quantitative estimate of drug-likeness (QED) is 0.804. The van der Waals surface area contributed by atoms with Gasteiger partial charge in [-0.2, -0.15) is 0 Å². The molecule has 112 valence electrons. The van der Waals surface area contributed by atoms with Crippen molar-refractivity contribution < 1.29 is 0 Å². The molecule has 4 nitrogen and oxygen atoms in total. The van der Waals surface area contributed by atoms with Crippen LogP contribution in [-0.2, 0) is 6.42 Å². The summed E-state index contributed by atoms with van der Waals surface area (Å²) in [6, 6.07) is 11.9. The van der Waals surface area contributed by atoms with Crippen LogP contribution >= 0.6 is 11.6 Å². The molecule has 1 aliphatic rings. The summed E-state index contributed by atoms with van der Waals surface area (Å²) in [5.74, 6) is 1.05. The van der Waals surface area contributed by atoms with E-state index in [1.165, 1.54) is 12.0 Å². The van der Waals surface area contributed by atoms with Gasteiger partial charge in [0.05, 0.1) is 6.17 Å². The van der Waals surface area contributed by atoms with Gasteiger partial charge in [-0.05, 0) is 49.2 Å². The second-order valence-corrected chi connectivity index (χ2v) is 6.10. The Hall–Kier alpha value is -1.91. The number of halogens is 1. The highest BCUT2D eigenvalue weighted by atomic mass is 35.5. The number of hydrogen-bond donors (Lipinski definition) is 1. The van der Waals surface area contributed by atoms with E-state index in [2.05, 4.69) is 27.0 Å². The second-order valence-electron chi connectivity index (χ2n) is 5.66. The number of hydrogen-bond acceptors (Lipinski definition) is 3.